The molecule has 1 N–H and O–H groups in total. The van der Waals surface area contributed by atoms with Crippen LogP contribution >= 0.6 is 11.6 Å². The van der Waals surface area contributed by atoms with E-state index in [0.717, 1.165) is 37.1 Å². The lowest BCUT2D eigenvalue weighted by molar-refractivity contribution is -0.149. The topological polar surface area (TPSA) is 57.8 Å². The molecule has 0 bridgehead atoms. The molecule has 116 valence electrons. The number of hydrogen-bond acceptors (Lipinski definition) is 3. The van der Waals surface area contributed by atoms with Gasteiger partial charge in [-0.3, -0.25) is 9.69 Å². The minimum absolute atomic E-state index is 0.288. The van der Waals surface area contributed by atoms with Crippen molar-refractivity contribution in [2.45, 2.75) is 25.8 Å². The van der Waals surface area contributed by atoms with Gasteiger partial charge in [-0.05, 0) is 30.9 Å². The Morgan fingerprint density at radius 3 is 3.09 bits per heavy atom. The van der Waals surface area contributed by atoms with E-state index < -0.39 is 11.4 Å². The number of hydrogen-bond donors (Lipinski definition) is 1. The lowest BCUT2D eigenvalue weighted by atomic mass is 9.81. The fourth-order valence-corrected chi connectivity index (χ4v) is 4.35. The maximum atomic E-state index is 11.7. The fourth-order valence-electron chi connectivity index (χ4n) is 4.19. The molecular formula is C16H18ClN3O2. The Labute approximate surface area is 133 Å². The highest BCUT2D eigenvalue weighted by atomic mass is 35.5. The normalized spacial score (nSPS) is 28.3. The number of likely N-dealkylation sites (tertiary alicyclic amines) is 1. The van der Waals surface area contributed by atoms with Crippen LogP contribution in [-0.2, 0) is 11.3 Å². The molecular weight excluding hydrogens is 302 g/mol. The Balaban J connectivity index is 1.55. The number of pyridine rings is 1. The predicted molar refractivity (Wildman–Crippen MR) is 82.9 cm³/mol. The van der Waals surface area contributed by atoms with E-state index in [0.29, 0.717) is 18.1 Å². The first-order chi connectivity index (χ1) is 10.6. The molecule has 0 spiro atoms. The fraction of sp³-hybridized carbons (Fsp3) is 0.500. The summed E-state index contributed by atoms with van der Waals surface area (Å²) < 4.78 is 1.92. The van der Waals surface area contributed by atoms with Crippen molar-refractivity contribution in [1.82, 2.24) is 14.3 Å². The van der Waals surface area contributed by atoms with Crippen molar-refractivity contribution in [3.8, 4) is 0 Å². The number of halogens is 1. The second kappa shape index (κ2) is 4.96. The van der Waals surface area contributed by atoms with Gasteiger partial charge in [0.2, 0.25) is 0 Å². The van der Waals surface area contributed by atoms with Crippen molar-refractivity contribution in [3.05, 3.63) is 35.2 Å². The molecule has 3 heterocycles. The van der Waals surface area contributed by atoms with E-state index >= 15 is 0 Å². The number of aliphatic carboxylic acids is 1. The second-order valence-electron chi connectivity index (χ2n) is 6.57. The first kappa shape index (κ1) is 14.0. The third-order valence-corrected chi connectivity index (χ3v) is 5.44. The molecule has 1 saturated carbocycles. The van der Waals surface area contributed by atoms with E-state index in [9.17, 15) is 9.90 Å². The number of imidazole rings is 1. The van der Waals surface area contributed by atoms with Crippen LogP contribution < -0.4 is 0 Å². The van der Waals surface area contributed by atoms with Crippen LogP contribution in [0.25, 0.3) is 5.65 Å². The Bertz CT molecular complexity index is 744. The Hall–Kier alpha value is -1.59. The van der Waals surface area contributed by atoms with E-state index in [4.69, 9.17) is 11.6 Å². The highest BCUT2D eigenvalue weighted by Crippen LogP contribution is 2.49. The third-order valence-electron chi connectivity index (χ3n) is 5.22. The lowest BCUT2D eigenvalue weighted by Gasteiger charge is -2.23. The molecule has 4 rings (SSSR count). The second-order valence-corrected chi connectivity index (χ2v) is 7.00. The van der Waals surface area contributed by atoms with Gasteiger partial charge in [-0.25, -0.2) is 4.98 Å². The van der Waals surface area contributed by atoms with E-state index in [-0.39, 0.29) is 5.92 Å². The summed E-state index contributed by atoms with van der Waals surface area (Å²) in [5, 5.41) is 10.3. The van der Waals surface area contributed by atoms with Gasteiger partial charge in [-0.2, -0.15) is 0 Å². The van der Waals surface area contributed by atoms with Gasteiger partial charge in [0.15, 0.2) is 0 Å². The van der Waals surface area contributed by atoms with Crippen LogP contribution in [0.5, 0.6) is 0 Å². The van der Waals surface area contributed by atoms with Gasteiger partial charge in [0.1, 0.15) is 5.65 Å². The van der Waals surface area contributed by atoms with Crippen LogP contribution in [0.4, 0.5) is 0 Å². The molecule has 0 amide bonds. The number of carboxylic acids is 1. The molecule has 22 heavy (non-hydrogen) atoms. The molecule has 2 fully saturated rings. The first-order valence-electron chi connectivity index (χ1n) is 7.66. The quantitative estimate of drug-likeness (QED) is 0.945. The zero-order valence-electron chi connectivity index (χ0n) is 12.2. The standard InChI is InChI=1S/C16H18ClN3O2/c17-12-3-4-14-18-13(9-20(14)7-12)8-19-6-11-2-1-5-16(11,10-19)15(21)22/h3-4,7,9,11H,1-2,5-6,8,10H2,(H,21,22)/t11-,16+/m0/s1. The van der Waals surface area contributed by atoms with Crippen LogP contribution in [0.3, 0.4) is 0 Å². The first-order valence-corrected chi connectivity index (χ1v) is 8.03. The monoisotopic (exact) mass is 319 g/mol. The van der Waals surface area contributed by atoms with Gasteiger partial charge >= 0.3 is 5.97 Å². The van der Waals surface area contributed by atoms with Gasteiger partial charge in [0.25, 0.3) is 0 Å². The smallest absolute Gasteiger partial charge is 0.311 e. The van der Waals surface area contributed by atoms with Gasteiger partial charge in [0.05, 0.1) is 16.1 Å². The molecule has 1 saturated heterocycles. The summed E-state index contributed by atoms with van der Waals surface area (Å²) in [5.41, 5.74) is 1.30. The van der Waals surface area contributed by atoms with E-state index in [1.165, 1.54) is 0 Å². The van der Waals surface area contributed by atoms with Gasteiger partial charge in [-0.1, -0.05) is 18.0 Å². The average molecular weight is 320 g/mol. The summed E-state index contributed by atoms with van der Waals surface area (Å²) in [4.78, 5) is 18.6. The van der Waals surface area contributed by atoms with Crippen molar-refractivity contribution in [2.24, 2.45) is 11.3 Å². The highest BCUT2D eigenvalue weighted by molar-refractivity contribution is 6.30. The summed E-state index contributed by atoms with van der Waals surface area (Å²) in [6, 6.07) is 3.72. The Kier molecular flexibility index (Phi) is 3.16. The minimum Gasteiger partial charge on any atom is -0.481 e. The molecule has 6 heteroatoms. The number of rotatable bonds is 3. The zero-order valence-corrected chi connectivity index (χ0v) is 13.0. The molecule has 1 aliphatic heterocycles. The SMILES string of the molecule is O=C(O)[C@@]12CCC[C@H]1CN(Cc1cn3cc(Cl)ccc3n1)C2. The van der Waals surface area contributed by atoms with E-state index in [1.54, 1.807) is 0 Å². The van der Waals surface area contributed by atoms with Crippen molar-refractivity contribution >= 4 is 23.2 Å². The molecule has 2 atom stereocenters. The van der Waals surface area contributed by atoms with Gasteiger partial charge in [0, 0.05) is 32.0 Å². The van der Waals surface area contributed by atoms with Crippen molar-refractivity contribution in [2.75, 3.05) is 13.1 Å². The number of aromatic nitrogens is 2. The summed E-state index contributed by atoms with van der Waals surface area (Å²) in [5.74, 6) is -0.337. The van der Waals surface area contributed by atoms with Crippen LogP contribution in [0.15, 0.2) is 24.5 Å². The molecule has 2 aliphatic rings. The highest BCUT2D eigenvalue weighted by Gasteiger charge is 2.54. The summed E-state index contributed by atoms with van der Waals surface area (Å²) in [7, 11) is 0. The van der Waals surface area contributed by atoms with Crippen LogP contribution in [0.2, 0.25) is 5.02 Å². The van der Waals surface area contributed by atoms with Crippen molar-refractivity contribution in [3.63, 3.8) is 0 Å². The lowest BCUT2D eigenvalue weighted by Crippen LogP contribution is -2.35. The van der Waals surface area contributed by atoms with E-state index in [1.807, 2.05) is 28.9 Å². The maximum absolute atomic E-state index is 11.7. The van der Waals surface area contributed by atoms with Gasteiger partial charge in [-0.15, -0.1) is 0 Å². The minimum atomic E-state index is -0.626. The van der Waals surface area contributed by atoms with E-state index in [2.05, 4.69) is 9.88 Å². The Morgan fingerprint density at radius 1 is 1.45 bits per heavy atom. The largest absolute Gasteiger partial charge is 0.481 e. The van der Waals surface area contributed by atoms with Crippen molar-refractivity contribution in [1.29, 1.82) is 0 Å². The molecule has 5 nitrogen and oxygen atoms in total. The van der Waals surface area contributed by atoms with Crippen LogP contribution in [-0.4, -0.2) is 38.4 Å². The molecule has 2 aromatic heterocycles. The zero-order chi connectivity index (χ0) is 15.3. The van der Waals surface area contributed by atoms with Crippen molar-refractivity contribution < 1.29 is 9.90 Å². The molecule has 2 aromatic rings. The maximum Gasteiger partial charge on any atom is 0.311 e. The summed E-state index contributed by atoms with van der Waals surface area (Å²) in [6.07, 6.45) is 6.69. The predicted octanol–water partition coefficient (Wildman–Crippen LogP) is 2.67. The summed E-state index contributed by atoms with van der Waals surface area (Å²) in [6.45, 7) is 2.20. The number of fused-ring (bicyclic) bond motifs is 2. The Morgan fingerprint density at radius 2 is 2.32 bits per heavy atom. The van der Waals surface area contributed by atoms with Crippen LogP contribution in [0.1, 0.15) is 25.0 Å². The molecule has 0 unspecified atom stereocenters. The number of nitrogens with zero attached hydrogens (tertiary/aromatic N) is 3. The molecule has 0 radical (unpaired) electrons. The number of carbonyl (C=O) groups is 1. The summed E-state index contributed by atoms with van der Waals surface area (Å²) >= 11 is 5.99. The molecule has 0 aromatic carbocycles. The average Bonchev–Trinajstić information content (AvgIpc) is 3.09. The van der Waals surface area contributed by atoms with Gasteiger partial charge < -0.3 is 9.51 Å². The van der Waals surface area contributed by atoms with Crippen LogP contribution in [0, 0.1) is 11.3 Å². The third kappa shape index (κ3) is 2.11. The number of carboxylic acid groups (broad SMARTS) is 1. The molecule has 1 aliphatic carbocycles.